The first-order chi connectivity index (χ1) is 15.4. The van der Waals surface area contributed by atoms with Gasteiger partial charge < -0.3 is 14.8 Å². The van der Waals surface area contributed by atoms with E-state index in [0.717, 1.165) is 11.1 Å². The molecule has 32 heavy (non-hydrogen) atoms. The molecule has 166 valence electrons. The first-order valence-corrected chi connectivity index (χ1v) is 11.6. The summed E-state index contributed by atoms with van der Waals surface area (Å²) in [5.74, 6) is 0.889. The lowest BCUT2D eigenvalue weighted by Gasteiger charge is -2.21. The highest BCUT2D eigenvalue weighted by Crippen LogP contribution is 2.33. The molecule has 0 unspecified atom stereocenters. The molecule has 0 saturated carbocycles. The molecular formula is C24H24N2O5S. The van der Waals surface area contributed by atoms with Crippen molar-refractivity contribution < 1.29 is 22.7 Å². The molecular weight excluding hydrogens is 428 g/mol. The summed E-state index contributed by atoms with van der Waals surface area (Å²) in [6.07, 6.45) is 0. The normalized spacial score (nSPS) is 12.8. The minimum absolute atomic E-state index is 0.0436. The van der Waals surface area contributed by atoms with E-state index < -0.39 is 10.0 Å². The molecule has 0 saturated heterocycles. The SMILES string of the molecule is Cc1ccc(N(C)S(=O)(=O)c2cccc(C(=O)NCc3cccc4c3OCCO4)c2)cc1. The van der Waals surface area contributed by atoms with E-state index in [1.165, 1.54) is 23.5 Å². The maximum Gasteiger partial charge on any atom is 0.264 e. The van der Waals surface area contributed by atoms with E-state index in [2.05, 4.69) is 5.32 Å². The summed E-state index contributed by atoms with van der Waals surface area (Å²) in [7, 11) is -2.33. The van der Waals surface area contributed by atoms with Gasteiger partial charge in [0.25, 0.3) is 15.9 Å². The van der Waals surface area contributed by atoms with Gasteiger partial charge in [-0.05, 0) is 43.3 Å². The van der Waals surface area contributed by atoms with Crippen LogP contribution in [0.5, 0.6) is 11.5 Å². The number of aryl methyl sites for hydroxylation is 1. The molecule has 0 aromatic heterocycles. The molecule has 0 radical (unpaired) electrons. The fourth-order valence-corrected chi connectivity index (χ4v) is 4.64. The zero-order valence-electron chi connectivity index (χ0n) is 17.9. The van der Waals surface area contributed by atoms with E-state index in [-0.39, 0.29) is 22.9 Å². The highest BCUT2D eigenvalue weighted by atomic mass is 32.2. The van der Waals surface area contributed by atoms with Crippen molar-refractivity contribution in [2.45, 2.75) is 18.4 Å². The number of anilines is 1. The smallest absolute Gasteiger partial charge is 0.264 e. The summed E-state index contributed by atoms with van der Waals surface area (Å²) in [6, 6.07) is 18.7. The predicted molar refractivity (Wildman–Crippen MR) is 122 cm³/mol. The van der Waals surface area contributed by atoms with Crippen LogP contribution in [0.1, 0.15) is 21.5 Å². The summed E-state index contributed by atoms with van der Waals surface area (Å²) < 4.78 is 38.6. The monoisotopic (exact) mass is 452 g/mol. The maximum atomic E-state index is 13.1. The second kappa shape index (κ2) is 8.92. The second-order valence-electron chi connectivity index (χ2n) is 7.46. The fourth-order valence-electron chi connectivity index (χ4n) is 3.40. The maximum absolute atomic E-state index is 13.1. The van der Waals surface area contributed by atoms with Crippen molar-refractivity contribution in [1.82, 2.24) is 5.32 Å². The Morgan fingerprint density at radius 3 is 2.50 bits per heavy atom. The first-order valence-electron chi connectivity index (χ1n) is 10.2. The van der Waals surface area contributed by atoms with Crippen molar-refractivity contribution in [3.8, 4) is 11.5 Å². The molecule has 0 bridgehead atoms. The molecule has 0 fully saturated rings. The van der Waals surface area contributed by atoms with Crippen LogP contribution in [-0.4, -0.2) is 34.6 Å². The number of ether oxygens (including phenoxy) is 2. The second-order valence-corrected chi connectivity index (χ2v) is 9.43. The Bertz CT molecular complexity index is 1240. The number of para-hydroxylation sites is 1. The molecule has 1 heterocycles. The van der Waals surface area contributed by atoms with Crippen LogP contribution in [0, 0.1) is 6.92 Å². The van der Waals surface area contributed by atoms with Crippen LogP contribution in [0.25, 0.3) is 0 Å². The van der Waals surface area contributed by atoms with Crippen molar-refractivity contribution in [2.24, 2.45) is 0 Å². The summed E-state index contributed by atoms with van der Waals surface area (Å²) in [5.41, 5.74) is 2.63. The number of hydrogen-bond acceptors (Lipinski definition) is 5. The van der Waals surface area contributed by atoms with Gasteiger partial charge in [-0.15, -0.1) is 0 Å². The Morgan fingerprint density at radius 2 is 1.72 bits per heavy atom. The lowest BCUT2D eigenvalue weighted by atomic mass is 10.1. The summed E-state index contributed by atoms with van der Waals surface area (Å²) in [4.78, 5) is 12.8. The standard InChI is InChI=1S/C24H24N2O5S/c1-17-9-11-20(12-10-17)26(2)32(28,29)21-7-3-5-18(15-21)24(27)25-16-19-6-4-8-22-23(19)31-14-13-30-22/h3-12,15H,13-14,16H2,1-2H3,(H,25,27). The Balaban J connectivity index is 1.51. The van der Waals surface area contributed by atoms with Crippen molar-refractivity contribution in [1.29, 1.82) is 0 Å². The van der Waals surface area contributed by atoms with Crippen LogP contribution in [0.15, 0.2) is 71.6 Å². The number of carbonyl (C=O) groups excluding carboxylic acids is 1. The molecule has 8 heteroatoms. The average Bonchev–Trinajstić information content (AvgIpc) is 2.82. The largest absolute Gasteiger partial charge is 0.486 e. The first kappa shape index (κ1) is 21.7. The topological polar surface area (TPSA) is 84.9 Å². The molecule has 1 N–H and O–H groups in total. The molecule has 3 aromatic rings. The van der Waals surface area contributed by atoms with Crippen LogP contribution in [0.4, 0.5) is 5.69 Å². The Hall–Kier alpha value is -3.52. The van der Waals surface area contributed by atoms with Crippen molar-refractivity contribution in [3.63, 3.8) is 0 Å². The molecule has 1 aliphatic rings. The zero-order valence-corrected chi connectivity index (χ0v) is 18.7. The number of carbonyl (C=O) groups is 1. The third kappa shape index (κ3) is 4.40. The van der Waals surface area contributed by atoms with Gasteiger partial charge in [0.05, 0.1) is 10.6 Å². The van der Waals surface area contributed by atoms with Gasteiger partial charge in [-0.25, -0.2) is 8.42 Å². The molecule has 0 aliphatic carbocycles. The van der Waals surface area contributed by atoms with Gasteiger partial charge in [-0.2, -0.15) is 0 Å². The van der Waals surface area contributed by atoms with Crippen molar-refractivity contribution >= 4 is 21.6 Å². The number of nitrogens with zero attached hydrogens (tertiary/aromatic N) is 1. The number of rotatable bonds is 6. The minimum Gasteiger partial charge on any atom is -0.486 e. The Kier molecular flexibility index (Phi) is 6.05. The van der Waals surface area contributed by atoms with Crippen LogP contribution >= 0.6 is 0 Å². The van der Waals surface area contributed by atoms with Crippen molar-refractivity contribution in [2.75, 3.05) is 24.6 Å². The van der Waals surface area contributed by atoms with Crippen LogP contribution < -0.4 is 19.1 Å². The number of hydrogen-bond donors (Lipinski definition) is 1. The van der Waals surface area contributed by atoms with Gasteiger partial charge in [-0.1, -0.05) is 35.9 Å². The van der Waals surface area contributed by atoms with E-state index in [4.69, 9.17) is 9.47 Å². The predicted octanol–water partition coefficient (Wildman–Crippen LogP) is 3.52. The van der Waals surface area contributed by atoms with E-state index >= 15 is 0 Å². The number of sulfonamides is 1. The lowest BCUT2D eigenvalue weighted by Crippen LogP contribution is -2.27. The van der Waals surface area contributed by atoms with Gasteiger partial charge in [0.1, 0.15) is 13.2 Å². The van der Waals surface area contributed by atoms with E-state index in [0.29, 0.717) is 30.4 Å². The van der Waals surface area contributed by atoms with Crippen molar-refractivity contribution in [3.05, 3.63) is 83.4 Å². The molecule has 7 nitrogen and oxygen atoms in total. The fraction of sp³-hybridized carbons (Fsp3) is 0.208. The van der Waals surface area contributed by atoms with E-state index in [9.17, 15) is 13.2 Å². The molecule has 0 spiro atoms. The third-order valence-electron chi connectivity index (χ3n) is 5.24. The minimum atomic E-state index is -3.82. The van der Waals surface area contributed by atoms with Crippen LogP contribution in [-0.2, 0) is 16.6 Å². The average molecular weight is 453 g/mol. The summed E-state index contributed by atoms with van der Waals surface area (Å²) >= 11 is 0. The van der Waals surface area contributed by atoms with E-state index in [1.807, 2.05) is 37.3 Å². The van der Waals surface area contributed by atoms with Crippen LogP contribution in [0.2, 0.25) is 0 Å². The quantitative estimate of drug-likeness (QED) is 0.619. The van der Waals surface area contributed by atoms with Gasteiger partial charge in [0.2, 0.25) is 0 Å². The van der Waals surface area contributed by atoms with Crippen LogP contribution in [0.3, 0.4) is 0 Å². The lowest BCUT2D eigenvalue weighted by molar-refractivity contribution is 0.0949. The number of nitrogens with one attached hydrogen (secondary N) is 1. The zero-order chi connectivity index (χ0) is 22.7. The van der Waals surface area contributed by atoms with Gasteiger partial charge >= 0.3 is 0 Å². The number of benzene rings is 3. The molecule has 0 atom stereocenters. The van der Waals surface area contributed by atoms with Gasteiger partial charge in [0, 0.05) is 24.7 Å². The van der Waals surface area contributed by atoms with E-state index in [1.54, 1.807) is 24.3 Å². The Labute approximate surface area is 187 Å². The van der Waals surface area contributed by atoms with Gasteiger partial charge in [0.15, 0.2) is 11.5 Å². The number of fused-ring (bicyclic) bond motifs is 1. The molecule has 1 aliphatic heterocycles. The third-order valence-corrected chi connectivity index (χ3v) is 7.02. The molecule has 4 rings (SSSR count). The molecule has 1 amide bonds. The summed E-state index contributed by atoms with van der Waals surface area (Å²) in [6.45, 7) is 3.10. The number of amides is 1. The Morgan fingerprint density at radius 1 is 1.00 bits per heavy atom. The highest BCUT2D eigenvalue weighted by molar-refractivity contribution is 7.92. The van der Waals surface area contributed by atoms with Gasteiger partial charge in [-0.3, -0.25) is 9.10 Å². The molecule has 3 aromatic carbocycles. The summed E-state index contributed by atoms with van der Waals surface area (Å²) in [5, 5.41) is 2.83. The highest BCUT2D eigenvalue weighted by Gasteiger charge is 2.23.